The van der Waals surface area contributed by atoms with Crippen LogP contribution in [-0.4, -0.2) is 53.7 Å². The number of hydrogen-bond donors (Lipinski definition) is 1. The first kappa shape index (κ1) is 20.7. The van der Waals surface area contributed by atoms with E-state index < -0.39 is 0 Å². The average molecular weight is 448 g/mol. The van der Waals surface area contributed by atoms with Crippen LogP contribution in [0.15, 0.2) is 48.7 Å². The van der Waals surface area contributed by atoms with E-state index in [9.17, 15) is 0 Å². The third kappa shape index (κ3) is 4.24. The second-order valence-electron chi connectivity index (χ2n) is 8.14. The number of nitrogens with two attached hydrogens (primary N) is 1. The van der Waals surface area contributed by atoms with E-state index >= 15 is 0 Å². The van der Waals surface area contributed by atoms with Gasteiger partial charge in [-0.2, -0.15) is 0 Å². The van der Waals surface area contributed by atoms with E-state index in [4.69, 9.17) is 20.2 Å². The first-order chi connectivity index (χ1) is 15.6. The Bertz CT molecular complexity index is 1260. The van der Waals surface area contributed by atoms with Crippen LogP contribution in [0.3, 0.4) is 0 Å². The summed E-state index contributed by atoms with van der Waals surface area (Å²) >= 11 is 1.69. The van der Waals surface area contributed by atoms with E-state index in [1.807, 2.05) is 38.4 Å². The van der Waals surface area contributed by atoms with Gasteiger partial charge in [-0.25, -0.2) is 15.0 Å². The van der Waals surface area contributed by atoms with Crippen LogP contribution in [0.25, 0.3) is 21.5 Å². The van der Waals surface area contributed by atoms with Crippen molar-refractivity contribution in [3.05, 3.63) is 59.2 Å². The zero-order chi connectivity index (χ0) is 22.1. The Kier molecular flexibility index (Phi) is 5.63. The highest BCUT2D eigenvalue weighted by molar-refractivity contribution is 7.18. The summed E-state index contributed by atoms with van der Waals surface area (Å²) in [6.45, 7) is 2.02. The SMILES string of the molecule is CN(C)CCOc1cc(-c2ccnc(N)n2)cc2sc(C3COc4ccccc4C3)nc12. The smallest absolute Gasteiger partial charge is 0.220 e. The summed E-state index contributed by atoms with van der Waals surface area (Å²) in [5.74, 6) is 2.20. The quantitative estimate of drug-likeness (QED) is 0.478. The van der Waals surface area contributed by atoms with Gasteiger partial charge in [-0.15, -0.1) is 11.3 Å². The molecular formula is C24H25N5O2S. The molecule has 0 spiro atoms. The molecule has 0 radical (unpaired) electrons. The highest BCUT2D eigenvalue weighted by atomic mass is 32.1. The van der Waals surface area contributed by atoms with Crippen molar-refractivity contribution in [2.24, 2.45) is 0 Å². The lowest BCUT2D eigenvalue weighted by Gasteiger charge is -2.23. The summed E-state index contributed by atoms with van der Waals surface area (Å²) in [4.78, 5) is 15.5. The highest BCUT2D eigenvalue weighted by Crippen LogP contribution is 2.40. The van der Waals surface area contributed by atoms with Gasteiger partial charge in [0.05, 0.1) is 17.0 Å². The van der Waals surface area contributed by atoms with Gasteiger partial charge < -0.3 is 20.1 Å². The van der Waals surface area contributed by atoms with Crippen molar-refractivity contribution < 1.29 is 9.47 Å². The topological polar surface area (TPSA) is 86.4 Å². The summed E-state index contributed by atoms with van der Waals surface area (Å²) in [6.07, 6.45) is 2.59. The molecule has 0 fully saturated rings. The molecule has 0 aliphatic carbocycles. The van der Waals surface area contributed by atoms with Gasteiger partial charge in [0.1, 0.15) is 28.6 Å². The van der Waals surface area contributed by atoms with Crippen LogP contribution >= 0.6 is 11.3 Å². The Morgan fingerprint density at radius 1 is 1.19 bits per heavy atom. The Morgan fingerprint density at radius 3 is 2.91 bits per heavy atom. The zero-order valence-corrected chi connectivity index (χ0v) is 18.9. The van der Waals surface area contributed by atoms with Gasteiger partial charge in [-0.05, 0) is 50.3 Å². The lowest BCUT2D eigenvalue weighted by molar-refractivity contribution is 0.261. The normalized spacial score (nSPS) is 15.5. The minimum atomic E-state index is 0.218. The summed E-state index contributed by atoms with van der Waals surface area (Å²) in [5, 5.41) is 1.06. The van der Waals surface area contributed by atoms with Crippen molar-refractivity contribution in [1.29, 1.82) is 0 Å². The minimum absolute atomic E-state index is 0.218. The van der Waals surface area contributed by atoms with Crippen LogP contribution in [0, 0.1) is 0 Å². The van der Waals surface area contributed by atoms with Crippen molar-refractivity contribution in [3.8, 4) is 22.8 Å². The molecule has 2 aromatic carbocycles. The Hall–Kier alpha value is -3.23. The van der Waals surface area contributed by atoms with Gasteiger partial charge in [0.15, 0.2) is 0 Å². The van der Waals surface area contributed by atoms with E-state index in [0.29, 0.717) is 13.2 Å². The minimum Gasteiger partial charge on any atom is -0.493 e. The molecule has 32 heavy (non-hydrogen) atoms. The summed E-state index contributed by atoms with van der Waals surface area (Å²) in [5.41, 5.74) is 9.63. The standard InChI is InChI=1S/C24H25N5O2S/c1-29(2)9-10-30-20-12-16(18-7-8-26-24(25)27-18)13-21-22(20)28-23(32-21)17-11-15-5-3-4-6-19(15)31-14-17/h3-8,12-13,17H,9-11,14H2,1-2H3,(H2,25,26,27). The molecule has 0 saturated carbocycles. The van der Waals surface area contributed by atoms with E-state index in [-0.39, 0.29) is 11.9 Å². The molecule has 2 N–H and O–H groups in total. The van der Waals surface area contributed by atoms with Gasteiger partial charge in [-0.1, -0.05) is 18.2 Å². The number of likely N-dealkylation sites (N-methyl/N-ethyl adjacent to an activating group) is 1. The number of para-hydroxylation sites is 1. The Balaban J connectivity index is 1.52. The molecule has 1 unspecified atom stereocenters. The van der Waals surface area contributed by atoms with Crippen LogP contribution in [0.5, 0.6) is 11.5 Å². The molecule has 5 rings (SSSR count). The molecule has 8 heteroatoms. The van der Waals surface area contributed by atoms with Crippen LogP contribution in [0.4, 0.5) is 5.95 Å². The second-order valence-corrected chi connectivity index (χ2v) is 9.21. The van der Waals surface area contributed by atoms with Gasteiger partial charge in [0.25, 0.3) is 0 Å². The van der Waals surface area contributed by atoms with E-state index in [1.165, 1.54) is 5.56 Å². The first-order valence-corrected chi connectivity index (χ1v) is 11.4. The third-order valence-electron chi connectivity index (χ3n) is 5.47. The maximum absolute atomic E-state index is 6.18. The number of anilines is 1. The molecule has 0 saturated heterocycles. The second kappa shape index (κ2) is 8.72. The molecular weight excluding hydrogens is 422 g/mol. The van der Waals surface area contributed by atoms with Crippen LogP contribution in [0.2, 0.25) is 0 Å². The molecule has 4 aromatic rings. The largest absolute Gasteiger partial charge is 0.493 e. The van der Waals surface area contributed by atoms with Crippen LogP contribution in [0.1, 0.15) is 16.5 Å². The number of fused-ring (bicyclic) bond motifs is 2. The number of aromatic nitrogens is 3. The number of benzene rings is 2. The summed E-state index contributed by atoms with van der Waals surface area (Å²) < 4.78 is 13.3. The molecule has 1 aliphatic heterocycles. The van der Waals surface area contributed by atoms with Gasteiger partial charge >= 0.3 is 0 Å². The van der Waals surface area contributed by atoms with Crippen LogP contribution in [-0.2, 0) is 6.42 Å². The number of hydrogen-bond acceptors (Lipinski definition) is 8. The summed E-state index contributed by atoms with van der Waals surface area (Å²) in [7, 11) is 4.06. The molecule has 1 atom stereocenters. The molecule has 7 nitrogen and oxygen atoms in total. The van der Waals surface area contributed by atoms with Gasteiger partial charge in [0.2, 0.25) is 5.95 Å². The maximum atomic E-state index is 6.18. The van der Waals surface area contributed by atoms with Gasteiger partial charge in [0, 0.05) is 24.2 Å². The van der Waals surface area contributed by atoms with E-state index in [1.54, 1.807) is 17.5 Å². The number of nitrogens with zero attached hydrogens (tertiary/aromatic N) is 4. The highest BCUT2D eigenvalue weighted by Gasteiger charge is 2.25. The first-order valence-electron chi connectivity index (χ1n) is 10.6. The number of ether oxygens (including phenoxy) is 2. The third-order valence-corrected chi connectivity index (χ3v) is 6.64. The molecule has 0 bridgehead atoms. The van der Waals surface area contributed by atoms with Crippen molar-refractivity contribution >= 4 is 27.5 Å². The number of thiazole rings is 1. The molecule has 164 valence electrons. The van der Waals surface area contributed by atoms with Gasteiger partial charge in [-0.3, -0.25) is 0 Å². The molecule has 2 aromatic heterocycles. The van der Waals surface area contributed by atoms with Crippen molar-refractivity contribution in [3.63, 3.8) is 0 Å². The lowest BCUT2D eigenvalue weighted by atomic mass is 9.97. The molecule has 0 amide bonds. The molecule has 3 heterocycles. The summed E-state index contributed by atoms with van der Waals surface area (Å²) in [6, 6.07) is 14.2. The average Bonchev–Trinajstić information content (AvgIpc) is 3.23. The zero-order valence-electron chi connectivity index (χ0n) is 18.1. The van der Waals surface area contributed by atoms with E-state index in [2.05, 4.69) is 33.1 Å². The fraction of sp³-hybridized carbons (Fsp3) is 0.292. The van der Waals surface area contributed by atoms with Crippen LogP contribution < -0.4 is 15.2 Å². The predicted octanol–water partition coefficient (Wildman–Crippen LogP) is 3.99. The number of nitrogen functional groups attached to an aromatic ring is 1. The number of rotatable bonds is 6. The van der Waals surface area contributed by atoms with Crippen molar-refractivity contribution in [2.75, 3.05) is 39.6 Å². The fourth-order valence-electron chi connectivity index (χ4n) is 3.81. The lowest BCUT2D eigenvalue weighted by Crippen LogP contribution is -2.19. The molecule has 1 aliphatic rings. The predicted molar refractivity (Wildman–Crippen MR) is 127 cm³/mol. The van der Waals surface area contributed by atoms with Crippen molar-refractivity contribution in [2.45, 2.75) is 12.3 Å². The monoisotopic (exact) mass is 447 g/mol. The van der Waals surface area contributed by atoms with Crippen molar-refractivity contribution in [1.82, 2.24) is 19.9 Å². The Labute approximate surface area is 190 Å². The van der Waals surface area contributed by atoms with E-state index in [0.717, 1.165) is 50.9 Å². The fourth-order valence-corrected chi connectivity index (χ4v) is 4.92. The maximum Gasteiger partial charge on any atom is 0.220 e. The Morgan fingerprint density at radius 2 is 2.06 bits per heavy atom.